The summed E-state index contributed by atoms with van der Waals surface area (Å²) in [7, 11) is 3.90. The first kappa shape index (κ1) is 14.8. The van der Waals surface area contributed by atoms with E-state index in [9.17, 15) is 9.59 Å². The van der Waals surface area contributed by atoms with Gasteiger partial charge in [0.25, 0.3) is 0 Å². The third-order valence-electron chi connectivity index (χ3n) is 3.51. The van der Waals surface area contributed by atoms with Gasteiger partial charge in [0, 0.05) is 26.2 Å². The van der Waals surface area contributed by atoms with Crippen LogP contribution in [0, 0.1) is 5.41 Å². The van der Waals surface area contributed by atoms with Crippen LogP contribution in [0.5, 0.6) is 0 Å². The topological polar surface area (TPSA) is 72.9 Å². The molecule has 6 heteroatoms. The van der Waals surface area contributed by atoms with Gasteiger partial charge in [-0.2, -0.15) is 0 Å². The Labute approximate surface area is 108 Å². The lowest BCUT2D eigenvalue weighted by Gasteiger charge is -2.36. The molecule has 18 heavy (non-hydrogen) atoms. The fourth-order valence-electron chi connectivity index (χ4n) is 1.92. The van der Waals surface area contributed by atoms with Crippen LogP contribution in [0.1, 0.15) is 19.8 Å². The zero-order valence-electron chi connectivity index (χ0n) is 11.4. The first-order chi connectivity index (χ1) is 8.35. The number of carboxylic acids is 1. The maximum atomic E-state index is 11.8. The molecular weight excluding hydrogens is 234 g/mol. The minimum atomic E-state index is -0.768. The van der Waals surface area contributed by atoms with E-state index < -0.39 is 11.4 Å². The minimum absolute atomic E-state index is 0.0933. The molecule has 0 aliphatic carbocycles. The molecule has 2 amide bonds. The fraction of sp³-hybridized carbons (Fsp3) is 0.833. The Balaban J connectivity index is 2.34. The normalized spacial score (nSPS) is 18.8. The SMILES string of the molecule is CN(C)CCNC(=O)N1CCC(C)(C(=O)O)CC1. The number of nitrogens with one attached hydrogen (secondary N) is 1. The highest BCUT2D eigenvalue weighted by molar-refractivity contribution is 5.76. The predicted octanol–water partition coefficient (Wildman–Crippen LogP) is 0.444. The standard InChI is InChI=1S/C12H23N3O3/c1-12(10(16)17)4-7-15(8-5-12)11(18)13-6-9-14(2)3/h4-9H2,1-3H3,(H,13,18)(H,16,17). The Hall–Kier alpha value is -1.30. The number of piperidine rings is 1. The quantitative estimate of drug-likeness (QED) is 0.766. The molecule has 1 aliphatic rings. The van der Waals surface area contributed by atoms with Crippen molar-refractivity contribution in [2.75, 3.05) is 40.3 Å². The molecule has 0 atom stereocenters. The number of rotatable bonds is 4. The average Bonchev–Trinajstić information content (AvgIpc) is 2.29. The van der Waals surface area contributed by atoms with E-state index in [1.54, 1.807) is 11.8 Å². The predicted molar refractivity (Wildman–Crippen MR) is 68.5 cm³/mol. The molecule has 1 saturated heterocycles. The van der Waals surface area contributed by atoms with E-state index in [1.807, 2.05) is 19.0 Å². The second-order valence-electron chi connectivity index (χ2n) is 5.39. The lowest BCUT2D eigenvalue weighted by Crippen LogP contribution is -2.49. The zero-order chi connectivity index (χ0) is 13.8. The summed E-state index contributed by atoms with van der Waals surface area (Å²) in [5.74, 6) is -0.768. The molecule has 1 fully saturated rings. The Morgan fingerprint density at radius 1 is 1.33 bits per heavy atom. The van der Waals surface area contributed by atoms with Gasteiger partial charge in [0.05, 0.1) is 5.41 Å². The maximum Gasteiger partial charge on any atom is 0.317 e. The molecular formula is C12H23N3O3. The molecule has 0 spiro atoms. The second kappa shape index (κ2) is 6.04. The van der Waals surface area contributed by atoms with Crippen molar-refractivity contribution < 1.29 is 14.7 Å². The molecule has 1 aliphatic heterocycles. The number of nitrogens with zero attached hydrogens (tertiary/aromatic N) is 2. The van der Waals surface area contributed by atoms with Crippen LogP contribution in [0.4, 0.5) is 4.79 Å². The van der Waals surface area contributed by atoms with Crippen LogP contribution < -0.4 is 5.32 Å². The molecule has 0 aromatic carbocycles. The van der Waals surface area contributed by atoms with Crippen molar-refractivity contribution in [1.82, 2.24) is 15.1 Å². The summed E-state index contributed by atoms with van der Waals surface area (Å²) in [6, 6.07) is -0.0933. The molecule has 1 heterocycles. The lowest BCUT2D eigenvalue weighted by atomic mass is 9.80. The number of amides is 2. The number of aliphatic carboxylic acids is 1. The Bertz CT molecular complexity index is 310. The van der Waals surface area contributed by atoms with Gasteiger partial charge in [-0.3, -0.25) is 4.79 Å². The highest BCUT2D eigenvalue weighted by Crippen LogP contribution is 2.30. The van der Waals surface area contributed by atoms with E-state index >= 15 is 0 Å². The van der Waals surface area contributed by atoms with E-state index in [4.69, 9.17) is 5.11 Å². The monoisotopic (exact) mass is 257 g/mol. The van der Waals surface area contributed by atoms with Gasteiger partial charge in [0.1, 0.15) is 0 Å². The number of carbonyl (C=O) groups excluding carboxylic acids is 1. The number of urea groups is 1. The van der Waals surface area contributed by atoms with Gasteiger partial charge in [-0.15, -0.1) is 0 Å². The number of carboxylic acid groups (broad SMARTS) is 1. The van der Waals surface area contributed by atoms with Crippen molar-refractivity contribution in [2.24, 2.45) is 5.41 Å². The van der Waals surface area contributed by atoms with Gasteiger partial charge in [-0.25, -0.2) is 4.79 Å². The van der Waals surface area contributed by atoms with Crippen LogP contribution in [0.25, 0.3) is 0 Å². The van der Waals surface area contributed by atoms with E-state index in [0.717, 1.165) is 6.54 Å². The highest BCUT2D eigenvalue weighted by Gasteiger charge is 2.37. The van der Waals surface area contributed by atoms with Crippen molar-refractivity contribution in [3.8, 4) is 0 Å². The number of hydrogen-bond acceptors (Lipinski definition) is 3. The van der Waals surface area contributed by atoms with Gasteiger partial charge in [-0.1, -0.05) is 0 Å². The largest absolute Gasteiger partial charge is 0.481 e. The van der Waals surface area contributed by atoms with Crippen LogP contribution in [0.15, 0.2) is 0 Å². The minimum Gasteiger partial charge on any atom is -0.481 e. The lowest BCUT2D eigenvalue weighted by molar-refractivity contribution is -0.150. The molecule has 104 valence electrons. The smallest absolute Gasteiger partial charge is 0.317 e. The summed E-state index contributed by atoms with van der Waals surface area (Å²) in [6.45, 7) is 4.18. The summed E-state index contributed by atoms with van der Waals surface area (Å²) in [5.41, 5.74) is -0.680. The number of likely N-dealkylation sites (tertiary alicyclic amines) is 1. The second-order valence-corrected chi connectivity index (χ2v) is 5.39. The van der Waals surface area contributed by atoms with E-state index in [-0.39, 0.29) is 6.03 Å². The molecule has 0 radical (unpaired) electrons. The van der Waals surface area contributed by atoms with Gasteiger partial charge in [0.15, 0.2) is 0 Å². The van der Waals surface area contributed by atoms with Crippen LogP contribution in [-0.2, 0) is 4.79 Å². The fourth-order valence-corrected chi connectivity index (χ4v) is 1.92. The highest BCUT2D eigenvalue weighted by atomic mass is 16.4. The molecule has 6 nitrogen and oxygen atoms in total. The van der Waals surface area contributed by atoms with E-state index in [0.29, 0.717) is 32.5 Å². The third-order valence-corrected chi connectivity index (χ3v) is 3.51. The summed E-state index contributed by atoms with van der Waals surface area (Å²) in [4.78, 5) is 26.6. The van der Waals surface area contributed by atoms with E-state index in [1.165, 1.54) is 0 Å². The third kappa shape index (κ3) is 3.87. The summed E-state index contributed by atoms with van der Waals surface area (Å²) in [5, 5.41) is 11.9. The van der Waals surface area contributed by atoms with E-state index in [2.05, 4.69) is 5.32 Å². The van der Waals surface area contributed by atoms with Gasteiger partial charge >= 0.3 is 12.0 Å². The van der Waals surface area contributed by atoms with Crippen LogP contribution in [-0.4, -0.2) is 67.2 Å². The molecule has 0 bridgehead atoms. The van der Waals surface area contributed by atoms with Crippen molar-refractivity contribution in [1.29, 1.82) is 0 Å². The van der Waals surface area contributed by atoms with Gasteiger partial charge in [0.2, 0.25) is 0 Å². The first-order valence-corrected chi connectivity index (χ1v) is 6.26. The van der Waals surface area contributed by atoms with Crippen molar-refractivity contribution in [3.05, 3.63) is 0 Å². The Morgan fingerprint density at radius 2 is 1.89 bits per heavy atom. The molecule has 0 aromatic heterocycles. The number of likely N-dealkylation sites (N-methyl/N-ethyl adjacent to an activating group) is 1. The van der Waals surface area contributed by atoms with Gasteiger partial charge < -0.3 is 20.2 Å². The van der Waals surface area contributed by atoms with Crippen molar-refractivity contribution in [3.63, 3.8) is 0 Å². The molecule has 1 rings (SSSR count). The van der Waals surface area contributed by atoms with Crippen LogP contribution in [0.3, 0.4) is 0 Å². The maximum absolute atomic E-state index is 11.8. The summed E-state index contributed by atoms with van der Waals surface area (Å²) in [6.07, 6.45) is 1.03. The van der Waals surface area contributed by atoms with Crippen molar-refractivity contribution in [2.45, 2.75) is 19.8 Å². The van der Waals surface area contributed by atoms with Crippen LogP contribution >= 0.6 is 0 Å². The molecule has 0 unspecified atom stereocenters. The molecule has 0 saturated carbocycles. The summed E-state index contributed by atoms with van der Waals surface area (Å²) < 4.78 is 0. The molecule has 2 N–H and O–H groups in total. The van der Waals surface area contributed by atoms with Crippen molar-refractivity contribution >= 4 is 12.0 Å². The average molecular weight is 257 g/mol. The summed E-state index contributed by atoms with van der Waals surface area (Å²) >= 11 is 0. The number of hydrogen-bond donors (Lipinski definition) is 2. The Kier molecular flexibility index (Phi) is 4.95. The Morgan fingerprint density at radius 3 is 2.33 bits per heavy atom. The van der Waals surface area contributed by atoms with Gasteiger partial charge in [-0.05, 0) is 33.9 Å². The molecule has 0 aromatic rings. The van der Waals surface area contributed by atoms with Crippen LogP contribution in [0.2, 0.25) is 0 Å². The first-order valence-electron chi connectivity index (χ1n) is 6.26. The zero-order valence-corrected chi connectivity index (χ0v) is 11.4. The number of carbonyl (C=O) groups is 2.